The van der Waals surface area contributed by atoms with Gasteiger partial charge in [0.2, 0.25) is 21.7 Å². The van der Waals surface area contributed by atoms with Crippen molar-refractivity contribution in [1.29, 1.82) is 0 Å². The van der Waals surface area contributed by atoms with E-state index in [1.165, 1.54) is 0 Å². The number of nitrogens with two attached hydrogens (primary N) is 1. The summed E-state index contributed by atoms with van der Waals surface area (Å²) in [6, 6.07) is 15.4. The molecule has 0 aliphatic heterocycles. The Kier molecular flexibility index (Phi) is 8.57. The minimum atomic E-state index is -3.91. The van der Waals surface area contributed by atoms with Gasteiger partial charge < -0.3 is 10.2 Å². The van der Waals surface area contributed by atoms with Crippen molar-refractivity contribution < 1.29 is 22.4 Å². The molecule has 0 radical (unpaired) electrons. The number of aromatic nitrogens is 1. The first-order valence-corrected chi connectivity index (χ1v) is 13.0. The highest BCUT2D eigenvalue weighted by molar-refractivity contribution is 7.89. The second-order valence-corrected chi connectivity index (χ2v) is 10.8. The van der Waals surface area contributed by atoms with E-state index in [4.69, 9.17) is 10.2 Å². The lowest BCUT2D eigenvalue weighted by Gasteiger charge is -2.21. The maximum Gasteiger partial charge on any atom is 0.266 e. The predicted octanol–water partition coefficient (Wildman–Crippen LogP) is 3.47. The van der Waals surface area contributed by atoms with Crippen molar-refractivity contribution in [2.75, 3.05) is 5.75 Å². The lowest BCUT2D eigenvalue weighted by molar-refractivity contribution is -0.118. The molecule has 0 spiro atoms. The normalized spacial score (nSPS) is 13.7. The maximum absolute atomic E-state index is 13.3. The topological polar surface area (TPSA) is 132 Å². The van der Waals surface area contributed by atoms with E-state index in [1.54, 1.807) is 24.3 Å². The molecular formula is C25H31N3O5S. The fourth-order valence-corrected chi connectivity index (χ4v) is 5.69. The van der Waals surface area contributed by atoms with Crippen LogP contribution in [0.5, 0.6) is 0 Å². The molecule has 3 N–H and O–H groups in total. The average molecular weight is 486 g/mol. The molecule has 3 aromatic rings. The predicted molar refractivity (Wildman–Crippen MR) is 131 cm³/mol. The van der Waals surface area contributed by atoms with Gasteiger partial charge in [-0.2, -0.15) is 0 Å². The summed E-state index contributed by atoms with van der Waals surface area (Å²) in [6.07, 6.45) is 1.20. The van der Waals surface area contributed by atoms with Crippen LogP contribution in [0.15, 0.2) is 59.0 Å². The van der Waals surface area contributed by atoms with Crippen LogP contribution in [0, 0.1) is 11.8 Å². The summed E-state index contributed by atoms with van der Waals surface area (Å²) in [7, 11) is -3.91. The number of hydrogen-bond acceptors (Lipinski definition) is 6. The molecule has 2 aromatic carbocycles. The Hall–Kier alpha value is -3.04. The highest BCUT2D eigenvalue weighted by Crippen LogP contribution is 2.20. The molecule has 0 aliphatic carbocycles. The molecule has 8 nitrogen and oxygen atoms in total. The van der Waals surface area contributed by atoms with Gasteiger partial charge in [-0.3, -0.25) is 9.59 Å². The van der Waals surface area contributed by atoms with E-state index >= 15 is 0 Å². The van der Waals surface area contributed by atoms with Crippen LogP contribution in [0.4, 0.5) is 0 Å². The lowest BCUT2D eigenvalue weighted by atomic mass is 9.96. The van der Waals surface area contributed by atoms with Crippen LogP contribution >= 0.6 is 0 Å². The van der Waals surface area contributed by atoms with Crippen molar-refractivity contribution in [3.8, 4) is 0 Å². The van der Waals surface area contributed by atoms with Crippen molar-refractivity contribution in [2.45, 2.75) is 45.6 Å². The summed E-state index contributed by atoms with van der Waals surface area (Å²) in [5.41, 5.74) is 7.28. The van der Waals surface area contributed by atoms with Gasteiger partial charge in [-0.15, -0.1) is 0 Å². The molecule has 1 heterocycles. The zero-order chi connectivity index (χ0) is 24.7. The van der Waals surface area contributed by atoms with E-state index < -0.39 is 33.7 Å². The smallest absolute Gasteiger partial charge is 0.266 e. The second-order valence-electron chi connectivity index (χ2n) is 8.99. The number of aryl methyl sites for hydroxylation is 1. The molecule has 0 saturated carbocycles. The number of ketones is 1. The lowest BCUT2D eigenvalue weighted by Crippen LogP contribution is -2.43. The van der Waals surface area contributed by atoms with E-state index in [0.29, 0.717) is 23.9 Å². The first kappa shape index (κ1) is 25.6. The number of sulfonamides is 1. The number of para-hydroxylation sites is 2. The van der Waals surface area contributed by atoms with Crippen molar-refractivity contribution in [3.63, 3.8) is 0 Å². The summed E-state index contributed by atoms with van der Waals surface area (Å²) in [4.78, 5) is 29.0. The third kappa shape index (κ3) is 7.50. The first-order valence-electron chi connectivity index (χ1n) is 11.3. The average Bonchev–Trinajstić information content (AvgIpc) is 3.20. The molecule has 182 valence electrons. The van der Waals surface area contributed by atoms with Crippen molar-refractivity contribution in [1.82, 2.24) is 9.71 Å². The number of carbonyl (C=O) groups is 2. The third-order valence-electron chi connectivity index (χ3n) is 5.46. The summed E-state index contributed by atoms with van der Waals surface area (Å²) in [5.74, 6) is -1.77. The van der Waals surface area contributed by atoms with Crippen LogP contribution in [0.25, 0.3) is 11.1 Å². The van der Waals surface area contributed by atoms with Gasteiger partial charge in [0.25, 0.3) is 5.89 Å². The monoisotopic (exact) mass is 485 g/mol. The molecule has 3 rings (SSSR count). The van der Waals surface area contributed by atoms with Gasteiger partial charge >= 0.3 is 0 Å². The minimum Gasteiger partial charge on any atom is -0.434 e. The standard InChI is InChI=1S/C25H31N3O5S/c1-17(2)14-19(15-23(26)29)16-34(31,32)28-21(13-12-18-8-4-3-5-9-18)24(30)25-27-20-10-6-7-11-22(20)33-25/h3-11,17,19,21,28H,12-16H2,1-2H3,(H2,26,29). The van der Waals surface area contributed by atoms with Crippen molar-refractivity contribution >= 4 is 32.8 Å². The van der Waals surface area contributed by atoms with Gasteiger partial charge in [0.15, 0.2) is 5.58 Å². The molecule has 1 aromatic heterocycles. The molecule has 2 atom stereocenters. The van der Waals surface area contributed by atoms with E-state index in [1.807, 2.05) is 44.2 Å². The number of oxazole rings is 1. The van der Waals surface area contributed by atoms with Gasteiger partial charge in [-0.05, 0) is 48.8 Å². The number of fused-ring (bicyclic) bond motifs is 1. The van der Waals surface area contributed by atoms with Crippen LogP contribution in [-0.4, -0.2) is 36.9 Å². The van der Waals surface area contributed by atoms with E-state index in [9.17, 15) is 18.0 Å². The number of primary amides is 1. The summed E-state index contributed by atoms with van der Waals surface area (Å²) >= 11 is 0. The van der Waals surface area contributed by atoms with Crippen LogP contribution in [-0.2, 0) is 21.2 Å². The van der Waals surface area contributed by atoms with Gasteiger partial charge in [0.05, 0.1) is 11.8 Å². The number of carbonyl (C=O) groups excluding carboxylic acids is 2. The molecule has 0 fully saturated rings. The minimum absolute atomic E-state index is 0.0349. The van der Waals surface area contributed by atoms with Gasteiger partial charge in [-0.1, -0.05) is 56.3 Å². The quantitative estimate of drug-likeness (QED) is 0.356. The summed E-state index contributed by atoms with van der Waals surface area (Å²) in [6.45, 7) is 3.90. The first-order chi connectivity index (χ1) is 16.1. The van der Waals surface area contributed by atoms with E-state index in [0.717, 1.165) is 5.56 Å². The third-order valence-corrected chi connectivity index (χ3v) is 7.01. The van der Waals surface area contributed by atoms with Gasteiger partial charge in [-0.25, -0.2) is 18.1 Å². The highest BCUT2D eigenvalue weighted by atomic mass is 32.2. The Balaban J connectivity index is 1.82. The Morgan fingerprint density at radius 3 is 2.38 bits per heavy atom. The molecule has 34 heavy (non-hydrogen) atoms. The Labute approximate surface area is 200 Å². The van der Waals surface area contributed by atoms with E-state index in [2.05, 4.69) is 9.71 Å². The number of nitrogens with zero attached hydrogens (tertiary/aromatic N) is 1. The van der Waals surface area contributed by atoms with E-state index in [-0.39, 0.29) is 30.4 Å². The molecule has 2 unspecified atom stereocenters. The molecular weight excluding hydrogens is 454 g/mol. The maximum atomic E-state index is 13.3. The van der Waals surface area contributed by atoms with Crippen LogP contribution in [0.3, 0.4) is 0 Å². The Bertz CT molecular complexity index is 1190. The Morgan fingerprint density at radius 1 is 1.06 bits per heavy atom. The zero-order valence-corrected chi connectivity index (χ0v) is 20.3. The number of nitrogens with one attached hydrogen (secondary N) is 1. The second kappa shape index (κ2) is 11.4. The molecule has 0 bridgehead atoms. The number of rotatable bonds is 13. The summed E-state index contributed by atoms with van der Waals surface area (Å²) < 4.78 is 34.3. The highest BCUT2D eigenvalue weighted by Gasteiger charge is 2.31. The number of amides is 1. The fourth-order valence-electron chi connectivity index (χ4n) is 4.06. The Morgan fingerprint density at radius 2 is 1.74 bits per heavy atom. The van der Waals surface area contributed by atoms with Crippen LogP contribution < -0.4 is 10.5 Å². The molecule has 0 aliphatic rings. The van der Waals surface area contributed by atoms with Gasteiger partial charge in [0, 0.05) is 6.42 Å². The largest absolute Gasteiger partial charge is 0.434 e. The van der Waals surface area contributed by atoms with Crippen molar-refractivity contribution in [2.24, 2.45) is 17.6 Å². The van der Waals surface area contributed by atoms with Crippen LogP contribution in [0.2, 0.25) is 0 Å². The summed E-state index contributed by atoms with van der Waals surface area (Å²) in [5, 5.41) is 0. The molecule has 1 amide bonds. The fraction of sp³-hybridized carbons (Fsp3) is 0.400. The molecule has 9 heteroatoms. The van der Waals surface area contributed by atoms with Gasteiger partial charge in [0.1, 0.15) is 5.52 Å². The zero-order valence-electron chi connectivity index (χ0n) is 19.4. The van der Waals surface area contributed by atoms with Crippen LogP contribution in [0.1, 0.15) is 49.4 Å². The number of benzene rings is 2. The number of hydrogen-bond donors (Lipinski definition) is 2. The number of Topliss-reactive ketones (excluding diaryl/α,β-unsaturated/α-hetero) is 1. The molecule has 0 saturated heterocycles. The SMILES string of the molecule is CC(C)CC(CC(N)=O)CS(=O)(=O)NC(CCc1ccccc1)C(=O)c1nc2ccccc2o1. The van der Waals surface area contributed by atoms with Crippen molar-refractivity contribution in [3.05, 3.63) is 66.1 Å².